The summed E-state index contributed by atoms with van der Waals surface area (Å²) in [7, 11) is 0. The highest BCUT2D eigenvalue weighted by molar-refractivity contribution is 6.06. The number of para-hydroxylation sites is 2. The summed E-state index contributed by atoms with van der Waals surface area (Å²) in [4.78, 5) is 11.5. The van der Waals surface area contributed by atoms with E-state index in [1.54, 1.807) is 0 Å². The molecule has 98 valence electrons. The van der Waals surface area contributed by atoms with Crippen LogP contribution in [0.4, 0.5) is 5.69 Å². The maximum atomic E-state index is 11.5. The Hall–Kier alpha value is -2.81. The van der Waals surface area contributed by atoms with E-state index in [1.807, 2.05) is 60.8 Å². The van der Waals surface area contributed by atoms with Gasteiger partial charge in [-0.05, 0) is 24.3 Å². The summed E-state index contributed by atoms with van der Waals surface area (Å²) >= 11 is 0. The van der Waals surface area contributed by atoms with E-state index in [0.717, 1.165) is 22.3 Å². The van der Waals surface area contributed by atoms with Crippen molar-refractivity contribution >= 4 is 22.5 Å². The van der Waals surface area contributed by atoms with E-state index in [-0.39, 0.29) is 5.91 Å². The Labute approximate surface area is 117 Å². The van der Waals surface area contributed by atoms with Crippen LogP contribution in [-0.2, 0) is 4.79 Å². The molecule has 0 spiro atoms. The van der Waals surface area contributed by atoms with Gasteiger partial charge in [-0.15, -0.1) is 0 Å². The van der Waals surface area contributed by atoms with Gasteiger partial charge in [0.05, 0.1) is 11.2 Å². The topological polar surface area (TPSA) is 34.0 Å². The molecule has 0 aliphatic heterocycles. The van der Waals surface area contributed by atoms with Crippen molar-refractivity contribution in [1.29, 1.82) is 0 Å². The SMILES string of the molecule is C=CC(=O)Nc1cn(-c2ccccc2)c2ccccc12. The first kappa shape index (κ1) is 12.2. The third-order valence-electron chi connectivity index (χ3n) is 3.19. The normalized spacial score (nSPS) is 10.4. The number of fused-ring (bicyclic) bond motifs is 1. The standard InChI is InChI=1S/C17H14N2O/c1-2-17(20)18-15-12-19(13-8-4-3-5-9-13)16-11-7-6-10-14(15)16/h2-12H,1H2,(H,18,20). The number of hydrogen-bond acceptors (Lipinski definition) is 1. The van der Waals surface area contributed by atoms with Crippen LogP contribution in [0.15, 0.2) is 73.4 Å². The molecule has 0 bridgehead atoms. The van der Waals surface area contributed by atoms with E-state index < -0.39 is 0 Å². The molecule has 3 nitrogen and oxygen atoms in total. The van der Waals surface area contributed by atoms with E-state index >= 15 is 0 Å². The summed E-state index contributed by atoms with van der Waals surface area (Å²) in [5.74, 6) is -0.207. The molecule has 2 aromatic carbocycles. The highest BCUT2D eigenvalue weighted by Gasteiger charge is 2.10. The lowest BCUT2D eigenvalue weighted by Gasteiger charge is -2.03. The number of aromatic nitrogens is 1. The molecule has 0 aliphatic carbocycles. The molecule has 3 rings (SSSR count). The second-order valence-corrected chi connectivity index (χ2v) is 4.46. The van der Waals surface area contributed by atoms with Crippen LogP contribution in [0.2, 0.25) is 0 Å². The van der Waals surface area contributed by atoms with Crippen LogP contribution < -0.4 is 5.32 Å². The van der Waals surface area contributed by atoms with E-state index in [2.05, 4.69) is 16.5 Å². The largest absolute Gasteiger partial charge is 0.321 e. The molecule has 0 aliphatic rings. The first-order valence-electron chi connectivity index (χ1n) is 6.38. The van der Waals surface area contributed by atoms with E-state index in [4.69, 9.17) is 0 Å². The molecular weight excluding hydrogens is 248 g/mol. The molecule has 0 fully saturated rings. The molecule has 1 amide bonds. The fraction of sp³-hybridized carbons (Fsp3) is 0. The third kappa shape index (κ3) is 2.10. The molecule has 3 heteroatoms. The number of hydrogen-bond donors (Lipinski definition) is 1. The predicted molar refractivity (Wildman–Crippen MR) is 82.1 cm³/mol. The van der Waals surface area contributed by atoms with Crippen LogP contribution in [0.25, 0.3) is 16.6 Å². The predicted octanol–water partition coefficient (Wildman–Crippen LogP) is 3.76. The highest BCUT2D eigenvalue weighted by Crippen LogP contribution is 2.28. The molecule has 0 unspecified atom stereocenters. The second kappa shape index (κ2) is 5.05. The molecule has 0 saturated heterocycles. The second-order valence-electron chi connectivity index (χ2n) is 4.46. The monoisotopic (exact) mass is 262 g/mol. The molecule has 0 saturated carbocycles. The Morgan fingerprint density at radius 2 is 1.75 bits per heavy atom. The molecule has 1 aromatic heterocycles. The van der Waals surface area contributed by atoms with Crippen molar-refractivity contribution in [3.8, 4) is 5.69 Å². The van der Waals surface area contributed by atoms with Crippen molar-refractivity contribution in [1.82, 2.24) is 4.57 Å². The van der Waals surface area contributed by atoms with Crippen molar-refractivity contribution in [2.24, 2.45) is 0 Å². The first-order chi connectivity index (χ1) is 9.79. The van der Waals surface area contributed by atoms with Gasteiger partial charge in [-0.2, -0.15) is 0 Å². The molecule has 20 heavy (non-hydrogen) atoms. The van der Waals surface area contributed by atoms with Crippen molar-refractivity contribution in [2.75, 3.05) is 5.32 Å². The number of rotatable bonds is 3. The lowest BCUT2D eigenvalue weighted by molar-refractivity contribution is -0.111. The number of carbonyl (C=O) groups is 1. The zero-order chi connectivity index (χ0) is 13.9. The molecule has 3 aromatic rings. The summed E-state index contributed by atoms with van der Waals surface area (Å²) in [6.07, 6.45) is 3.20. The summed E-state index contributed by atoms with van der Waals surface area (Å²) in [5.41, 5.74) is 2.90. The summed E-state index contributed by atoms with van der Waals surface area (Å²) in [6, 6.07) is 18.0. The van der Waals surface area contributed by atoms with Crippen molar-refractivity contribution in [3.63, 3.8) is 0 Å². The number of anilines is 1. The van der Waals surface area contributed by atoms with Gasteiger partial charge in [-0.3, -0.25) is 4.79 Å². The van der Waals surface area contributed by atoms with Crippen LogP contribution in [0.5, 0.6) is 0 Å². The Morgan fingerprint density at radius 3 is 2.50 bits per heavy atom. The van der Waals surface area contributed by atoms with Gasteiger partial charge >= 0.3 is 0 Å². The lowest BCUT2D eigenvalue weighted by Crippen LogP contribution is -2.06. The van der Waals surface area contributed by atoms with Crippen LogP contribution in [-0.4, -0.2) is 10.5 Å². The highest BCUT2D eigenvalue weighted by atomic mass is 16.1. The quantitative estimate of drug-likeness (QED) is 0.716. The molecular formula is C17H14N2O. The van der Waals surface area contributed by atoms with Crippen LogP contribution >= 0.6 is 0 Å². The van der Waals surface area contributed by atoms with Gasteiger partial charge in [-0.1, -0.05) is 43.0 Å². The van der Waals surface area contributed by atoms with Gasteiger partial charge in [0.15, 0.2) is 0 Å². The van der Waals surface area contributed by atoms with Gasteiger partial charge in [0.1, 0.15) is 0 Å². The Kier molecular flexibility index (Phi) is 3.09. The minimum Gasteiger partial charge on any atom is -0.321 e. The van der Waals surface area contributed by atoms with E-state index in [0.29, 0.717) is 0 Å². The van der Waals surface area contributed by atoms with Gasteiger partial charge in [0.25, 0.3) is 0 Å². The molecule has 1 N–H and O–H groups in total. The van der Waals surface area contributed by atoms with Gasteiger partial charge in [0.2, 0.25) is 5.91 Å². The summed E-state index contributed by atoms with van der Waals surface area (Å²) < 4.78 is 2.06. The minimum atomic E-state index is -0.207. The van der Waals surface area contributed by atoms with Crippen LogP contribution in [0.3, 0.4) is 0 Å². The fourth-order valence-corrected chi connectivity index (χ4v) is 2.27. The van der Waals surface area contributed by atoms with Crippen molar-refractivity contribution in [2.45, 2.75) is 0 Å². The third-order valence-corrected chi connectivity index (χ3v) is 3.19. The summed E-state index contributed by atoms with van der Waals surface area (Å²) in [5, 5.41) is 3.85. The number of nitrogens with zero attached hydrogens (tertiary/aromatic N) is 1. The molecule has 1 heterocycles. The van der Waals surface area contributed by atoms with Gasteiger partial charge in [-0.25, -0.2) is 0 Å². The molecule has 0 atom stereocenters. The average molecular weight is 262 g/mol. The number of carbonyl (C=O) groups excluding carboxylic acids is 1. The minimum absolute atomic E-state index is 0.207. The number of amides is 1. The zero-order valence-corrected chi connectivity index (χ0v) is 10.9. The number of benzene rings is 2. The maximum Gasteiger partial charge on any atom is 0.247 e. The Morgan fingerprint density at radius 1 is 1.05 bits per heavy atom. The Bertz CT molecular complexity index is 772. The van der Waals surface area contributed by atoms with Crippen molar-refractivity contribution in [3.05, 3.63) is 73.4 Å². The van der Waals surface area contributed by atoms with Gasteiger partial charge < -0.3 is 9.88 Å². The molecule has 0 radical (unpaired) electrons. The van der Waals surface area contributed by atoms with Crippen LogP contribution in [0.1, 0.15) is 0 Å². The fourth-order valence-electron chi connectivity index (χ4n) is 2.27. The van der Waals surface area contributed by atoms with Crippen LogP contribution in [0, 0.1) is 0 Å². The maximum absolute atomic E-state index is 11.5. The lowest BCUT2D eigenvalue weighted by atomic mass is 10.2. The zero-order valence-electron chi connectivity index (χ0n) is 10.9. The summed E-state index contributed by atoms with van der Waals surface area (Å²) in [6.45, 7) is 3.48. The Balaban J connectivity index is 2.19. The smallest absolute Gasteiger partial charge is 0.247 e. The van der Waals surface area contributed by atoms with Crippen molar-refractivity contribution < 1.29 is 4.79 Å². The first-order valence-corrected chi connectivity index (χ1v) is 6.38. The van der Waals surface area contributed by atoms with Gasteiger partial charge in [0, 0.05) is 17.3 Å². The average Bonchev–Trinajstić information content (AvgIpc) is 2.87. The number of nitrogens with one attached hydrogen (secondary N) is 1. The van der Waals surface area contributed by atoms with E-state index in [9.17, 15) is 4.79 Å². The van der Waals surface area contributed by atoms with E-state index in [1.165, 1.54) is 6.08 Å².